The van der Waals surface area contributed by atoms with Gasteiger partial charge in [0.05, 0.1) is 18.8 Å². The number of carbonyl (C=O) groups is 1. The highest BCUT2D eigenvalue weighted by atomic mass is 16.3. The molecule has 6 heteroatoms. The number of carbonyl (C=O) groups excluding carboxylic acids is 1. The van der Waals surface area contributed by atoms with E-state index < -0.39 is 36.9 Å². The third-order valence-electron chi connectivity index (χ3n) is 8.07. The maximum Gasteiger partial charge on any atom is 0.249 e. The second kappa shape index (κ2) is 28.8. The molecule has 39 heavy (non-hydrogen) atoms. The summed E-state index contributed by atoms with van der Waals surface area (Å²) >= 11 is 0. The lowest BCUT2D eigenvalue weighted by Crippen LogP contribution is -2.53. The van der Waals surface area contributed by atoms with E-state index in [9.17, 15) is 25.2 Å². The molecule has 0 heterocycles. The Morgan fingerprint density at radius 1 is 0.538 bits per heavy atom. The Hall–Kier alpha value is -0.690. The molecular weight excluding hydrogens is 490 g/mol. The molecule has 0 fully saturated rings. The third-order valence-corrected chi connectivity index (χ3v) is 8.07. The van der Waals surface area contributed by atoms with Gasteiger partial charge in [0.1, 0.15) is 12.2 Å². The zero-order valence-corrected chi connectivity index (χ0v) is 25.9. The summed E-state index contributed by atoms with van der Waals surface area (Å²) in [5.41, 5.74) is 0. The van der Waals surface area contributed by atoms with Crippen LogP contribution in [0.15, 0.2) is 0 Å². The maximum absolute atomic E-state index is 12.3. The summed E-state index contributed by atoms with van der Waals surface area (Å²) < 4.78 is 0. The molecule has 5 N–H and O–H groups in total. The Morgan fingerprint density at radius 2 is 0.872 bits per heavy atom. The van der Waals surface area contributed by atoms with Crippen LogP contribution in [0.3, 0.4) is 0 Å². The van der Waals surface area contributed by atoms with Crippen molar-refractivity contribution in [2.75, 3.05) is 6.61 Å². The summed E-state index contributed by atoms with van der Waals surface area (Å²) in [7, 11) is 0. The molecule has 0 saturated heterocycles. The summed E-state index contributed by atoms with van der Waals surface area (Å²) in [4.78, 5) is 12.3. The average Bonchev–Trinajstić information content (AvgIpc) is 2.94. The van der Waals surface area contributed by atoms with Gasteiger partial charge in [-0.15, -0.1) is 0 Å². The number of nitrogens with one attached hydrogen (secondary N) is 1. The molecule has 1 amide bonds. The lowest BCUT2D eigenvalue weighted by atomic mass is 9.99. The number of hydrogen-bond acceptors (Lipinski definition) is 5. The van der Waals surface area contributed by atoms with E-state index in [1.165, 1.54) is 103 Å². The molecule has 0 aliphatic heterocycles. The van der Waals surface area contributed by atoms with Gasteiger partial charge in [-0.05, 0) is 12.8 Å². The van der Waals surface area contributed by atoms with Crippen LogP contribution in [0.2, 0.25) is 0 Å². The standard InChI is InChI=1S/C33H67NO5/c1-3-5-7-9-10-11-12-13-14-15-16-17-18-19-20-21-22-23-25-27-31(37)33(39)34-29(28-35)32(38)30(36)26-24-8-6-4-2/h29-32,35-38H,3-28H2,1-2H3,(H,34,39). The van der Waals surface area contributed by atoms with Gasteiger partial charge in [-0.3, -0.25) is 4.79 Å². The van der Waals surface area contributed by atoms with Crippen molar-refractivity contribution in [3.63, 3.8) is 0 Å². The van der Waals surface area contributed by atoms with Crippen molar-refractivity contribution in [1.29, 1.82) is 0 Å². The number of amides is 1. The molecule has 234 valence electrons. The van der Waals surface area contributed by atoms with E-state index in [0.717, 1.165) is 44.9 Å². The average molecular weight is 558 g/mol. The minimum absolute atomic E-state index is 0.374. The van der Waals surface area contributed by atoms with E-state index in [1.54, 1.807) is 0 Å². The predicted octanol–water partition coefficient (Wildman–Crippen LogP) is 7.34. The highest BCUT2D eigenvalue weighted by Crippen LogP contribution is 2.16. The second-order valence-electron chi connectivity index (χ2n) is 11.9. The van der Waals surface area contributed by atoms with Gasteiger partial charge in [-0.1, -0.05) is 162 Å². The summed E-state index contributed by atoms with van der Waals surface area (Å²) in [6, 6.07) is -0.974. The smallest absolute Gasteiger partial charge is 0.249 e. The molecule has 4 atom stereocenters. The fraction of sp³-hybridized carbons (Fsp3) is 0.970. The van der Waals surface area contributed by atoms with Crippen LogP contribution in [0.4, 0.5) is 0 Å². The lowest BCUT2D eigenvalue weighted by Gasteiger charge is -2.27. The van der Waals surface area contributed by atoms with E-state index in [4.69, 9.17) is 0 Å². The molecule has 0 rings (SSSR count). The van der Waals surface area contributed by atoms with Crippen LogP contribution in [0.1, 0.15) is 174 Å². The van der Waals surface area contributed by atoms with Crippen LogP contribution >= 0.6 is 0 Å². The monoisotopic (exact) mass is 558 g/mol. The van der Waals surface area contributed by atoms with Gasteiger partial charge in [0.25, 0.3) is 0 Å². The van der Waals surface area contributed by atoms with Crippen molar-refractivity contribution in [2.24, 2.45) is 0 Å². The molecule has 0 saturated carbocycles. The minimum atomic E-state index is -1.25. The number of aliphatic hydroxyl groups excluding tert-OH is 4. The fourth-order valence-electron chi connectivity index (χ4n) is 5.28. The van der Waals surface area contributed by atoms with Gasteiger partial charge in [-0.2, -0.15) is 0 Å². The molecule has 0 aromatic carbocycles. The minimum Gasteiger partial charge on any atom is -0.394 e. The second-order valence-corrected chi connectivity index (χ2v) is 11.9. The van der Waals surface area contributed by atoms with Crippen molar-refractivity contribution >= 4 is 5.91 Å². The predicted molar refractivity (Wildman–Crippen MR) is 164 cm³/mol. The molecule has 0 aliphatic rings. The first-order chi connectivity index (χ1) is 19.0. The SMILES string of the molecule is CCCCCCCCCCCCCCCCCCCCCC(O)C(=O)NC(CO)C(O)C(O)CCCCCC. The first-order valence-corrected chi connectivity index (χ1v) is 16.9. The summed E-state index contributed by atoms with van der Waals surface area (Å²) in [6.07, 6.45) is 26.1. The number of aliphatic hydroxyl groups is 4. The first kappa shape index (κ1) is 38.3. The molecule has 0 radical (unpaired) electrons. The van der Waals surface area contributed by atoms with E-state index in [1.807, 2.05) is 0 Å². The Labute approximate surface area is 241 Å². The van der Waals surface area contributed by atoms with Gasteiger partial charge in [0.15, 0.2) is 0 Å². The van der Waals surface area contributed by atoms with Gasteiger partial charge >= 0.3 is 0 Å². The van der Waals surface area contributed by atoms with E-state index >= 15 is 0 Å². The zero-order chi connectivity index (χ0) is 29.0. The molecular formula is C33H67NO5. The lowest BCUT2D eigenvalue weighted by molar-refractivity contribution is -0.132. The van der Waals surface area contributed by atoms with Gasteiger partial charge in [0.2, 0.25) is 5.91 Å². The molecule has 6 nitrogen and oxygen atoms in total. The fourth-order valence-corrected chi connectivity index (χ4v) is 5.28. The van der Waals surface area contributed by atoms with Crippen molar-refractivity contribution in [3.8, 4) is 0 Å². The van der Waals surface area contributed by atoms with Crippen LogP contribution < -0.4 is 5.32 Å². The normalized spacial score (nSPS) is 14.7. The Kier molecular flexibility index (Phi) is 28.3. The van der Waals surface area contributed by atoms with Crippen LogP contribution in [0.25, 0.3) is 0 Å². The Bertz CT molecular complexity index is 518. The van der Waals surface area contributed by atoms with E-state index in [2.05, 4.69) is 19.2 Å². The van der Waals surface area contributed by atoms with Gasteiger partial charge in [0, 0.05) is 0 Å². The van der Waals surface area contributed by atoms with Crippen molar-refractivity contribution in [2.45, 2.75) is 199 Å². The summed E-state index contributed by atoms with van der Waals surface area (Å²) in [5.74, 6) is -0.589. The Morgan fingerprint density at radius 3 is 1.26 bits per heavy atom. The molecule has 0 spiro atoms. The zero-order valence-electron chi connectivity index (χ0n) is 25.9. The highest BCUT2D eigenvalue weighted by molar-refractivity contribution is 5.80. The molecule has 0 aromatic heterocycles. The van der Waals surface area contributed by atoms with E-state index in [-0.39, 0.29) is 0 Å². The number of rotatable bonds is 30. The highest BCUT2D eigenvalue weighted by Gasteiger charge is 2.28. The quantitative estimate of drug-likeness (QED) is 0.0594. The van der Waals surface area contributed by atoms with E-state index in [0.29, 0.717) is 12.8 Å². The van der Waals surface area contributed by atoms with Crippen molar-refractivity contribution < 1.29 is 25.2 Å². The largest absolute Gasteiger partial charge is 0.394 e. The summed E-state index contributed by atoms with van der Waals surface area (Å²) in [5, 5.41) is 42.7. The number of hydrogen-bond donors (Lipinski definition) is 5. The van der Waals surface area contributed by atoms with Crippen molar-refractivity contribution in [1.82, 2.24) is 5.32 Å². The van der Waals surface area contributed by atoms with Gasteiger partial charge in [-0.25, -0.2) is 0 Å². The maximum atomic E-state index is 12.3. The Balaban J connectivity index is 3.63. The topological polar surface area (TPSA) is 110 Å². The molecule has 0 aliphatic carbocycles. The van der Waals surface area contributed by atoms with Crippen LogP contribution in [0, 0.1) is 0 Å². The molecule has 0 aromatic rings. The first-order valence-electron chi connectivity index (χ1n) is 16.9. The third kappa shape index (κ3) is 23.7. The number of unbranched alkanes of at least 4 members (excludes halogenated alkanes) is 21. The summed E-state index contributed by atoms with van der Waals surface area (Å²) in [6.45, 7) is 3.90. The van der Waals surface area contributed by atoms with Crippen molar-refractivity contribution in [3.05, 3.63) is 0 Å². The van der Waals surface area contributed by atoms with Crippen LogP contribution in [-0.2, 0) is 4.79 Å². The molecule has 0 bridgehead atoms. The van der Waals surface area contributed by atoms with Crippen LogP contribution in [-0.4, -0.2) is 57.3 Å². The van der Waals surface area contributed by atoms with Gasteiger partial charge < -0.3 is 25.7 Å². The molecule has 4 unspecified atom stereocenters. The van der Waals surface area contributed by atoms with Crippen LogP contribution in [0.5, 0.6) is 0 Å².